The van der Waals surface area contributed by atoms with Gasteiger partial charge in [-0.2, -0.15) is 0 Å². The van der Waals surface area contributed by atoms with Crippen molar-refractivity contribution in [3.63, 3.8) is 0 Å². The molecule has 0 heterocycles. The molecule has 76 valence electrons. The minimum atomic E-state index is 0.933. The molecule has 0 atom stereocenters. The Morgan fingerprint density at radius 1 is 0.750 bits per heavy atom. The van der Waals surface area contributed by atoms with E-state index in [0.717, 1.165) is 11.1 Å². The molecular weight excluding hydrogens is 328 g/mol. The molecule has 0 nitrogen and oxygen atoms in total. The van der Waals surface area contributed by atoms with E-state index in [2.05, 4.69) is 77.6 Å². The molecule has 0 N–H and O–H groups in total. The number of halogens is 2. The quantitative estimate of drug-likeness (QED) is 0.632. The number of fused-ring (bicyclic) bond motifs is 1. The third kappa shape index (κ3) is 2.30. The van der Waals surface area contributed by atoms with Gasteiger partial charge in [-0.3, -0.25) is 0 Å². The second-order valence-electron chi connectivity index (χ2n) is 3.18. The van der Waals surface area contributed by atoms with Crippen LogP contribution in [0.3, 0.4) is 0 Å². The third-order valence-electron chi connectivity index (χ3n) is 2.25. The van der Waals surface area contributed by atoms with Crippen molar-refractivity contribution in [2.45, 2.75) is 0 Å². The highest BCUT2D eigenvalue weighted by molar-refractivity contribution is 9.12. The molecule has 2 aromatic rings. The van der Waals surface area contributed by atoms with Gasteiger partial charge < -0.3 is 0 Å². The fraction of sp³-hybridized carbons (Fsp3) is 0. The van der Waals surface area contributed by atoms with E-state index in [1.165, 1.54) is 10.8 Å². The summed E-state index contributed by atoms with van der Waals surface area (Å²) in [6, 6.07) is 12.3. The minimum Gasteiger partial charge on any atom is -0.0616 e. The first-order chi connectivity index (χ1) is 7.85. The summed E-state index contributed by atoms with van der Waals surface area (Å²) in [6.07, 6.45) is 0. The molecule has 2 aromatic carbocycles. The second kappa shape index (κ2) is 5.21. The zero-order valence-corrected chi connectivity index (χ0v) is 11.4. The largest absolute Gasteiger partial charge is 0.0616 e. The van der Waals surface area contributed by atoms with Crippen LogP contribution in [0.25, 0.3) is 10.8 Å². The highest BCUT2D eigenvalue weighted by atomic mass is 79.9. The van der Waals surface area contributed by atoms with Gasteiger partial charge >= 0.3 is 0 Å². The Kier molecular flexibility index (Phi) is 3.67. The van der Waals surface area contributed by atoms with Crippen molar-refractivity contribution in [2.75, 3.05) is 0 Å². The van der Waals surface area contributed by atoms with Gasteiger partial charge in [0.15, 0.2) is 0 Å². The van der Waals surface area contributed by atoms with Gasteiger partial charge in [0, 0.05) is 43.0 Å². The Morgan fingerprint density at radius 3 is 1.56 bits per heavy atom. The summed E-state index contributed by atoms with van der Waals surface area (Å²) < 4.78 is 0. The molecule has 2 heteroatoms. The molecule has 0 fully saturated rings. The fourth-order valence-corrected chi connectivity index (χ4v) is 1.98. The van der Waals surface area contributed by atoms with Crippen LogP contribution in [0, 0.1) is 21.5 Å². The summed E-state index contributed by atoms with van der Waals surface area (Å²) in [6.45, 7) is 0. The first-order valence-corrected chi connectivity index (χ1v) is 6.20. The van der Waals surface area contributed by atoms with E-state index in [1.54, 1.807) is 0 Å². The van der Waals surface area contributed by atoms with Gasteiger partial charge in [0.25, 0.3) is 0 Å². The van der Waals surface area contributed by atoms with Crippen molar-refractivity contribution in [1.29, 1.82) is 0 Å². The zero-order chi connectivity index (χ0) is 11.4. The Bertz CT molecular complexity index is 590. The monoisotopic (exact) mass is 332 g/mol. The molecule has 0 unspecified atom stereocenters. The highest BCUT2D eigenvalue weighted by Crippen LogP contribution is 2.19. The zero-order valence-electron chi connectivity index (χ0n) is 8.22. The first kappa shape index (κ1) is 11.3. The molecule has 0 spiro atoms. The standard InChI is InChI=1S/C14H6Br2/c15-7-5-13-9-11-3-1-2-4-12(11)10-14(13)6-8-16/h1-4,9-10H. The van der Waals surface area contributed by atoms with Gasteiger partial charge in [-0.25, -0.2) is 0 Å². The van der Waals surface area contributed by atoms with Crippen LogP contribution in [-0.2, 0) is 0 Å². The average molecular weight is 334 g/mol. The van der Waals surface area contributed by atoms with Gasteiger partial charge in [0.1, 0.15) is 0 Å². The highest BCUT2D eigenvalue weighted by Gasteiger charge is 2.00. The van der Waals surface area contributed by atoms with Gasteiger partial charge in [0.2, 0.25) is 0 Å². The molecule has 0 saturated heterocycles. The Labute approximate surface area is 111 Å². The van der Waals surface area contributed by atoms with Crippen LogP contribution in [0.5, 0.6) is 0 Å². The topological polar surface area (TPSA) is 0 Å². The normalized spacial score (nSPS) is 8.88. The number of hydrogen-bond donors (Lipinski definition) is 0. The van der Waals surface area contributed by atoms with Gasteiger partial charge in [-0.05, 0) is 32.6 Å². The van der Waals surface area contributed by atoms with Gasteiger partial charge in [-0.15, -0.1) is 0 Å². The van der Waals surface area contributed by atoms with E-state index < -0.39 is 0 Å². The lowest BCUT2D eigenvalue weighted by Gasteiger charge is -2.01. The third-order valence-corrected chi connectivity index (χ3v) is 2.65. The molecule has 0 radical (unpaired) electrons. The summed E-state index contributed by atoms with van der Waals surface area (Å²) in [4.78, 5) is 5.45. The maximum atomic E-state index is 3.11. The predicted molar refractivity (Wildman–Crippen MR) is 75.6 cm³/mol. The Balaban J connectivity index is 2.77. The van der Waals surface area contributed by atoms with Crippen molar-refractivity contribution >= 4 is 42.6 Å². The van der Waals surface area contributed by atoms with E-state index in [0.29, 0.717) is 0 Å². The van der Waals surface area contributed by atoms with Crippen LogP contribution in [0.1, 0.15) is 11.1 Å². The van der Waals surface area contributed by atoms with Crippen LogP contribution in [0.15, 0.2) is 36.4 Å². The van der Waals surface area contributed by atoms with E-state index in [-0.39, 0.29) is 0 Å². The summed E-state index contributed by atoms with van der Waals surface area (Å²) in [7, 11) is 0. The fourth-order valence-electron chi connectivity index (χ4n) is 1.55. The molecule has 0 saturated carbocycles. The molecule has 16 heavy (non-hydrogen) atoms. The summed E-state index contributed by atoms with van der Waals surface area (Å²) in [5.74, 6) is 5.99. The van der Waals surface area contributed by atoms with Crippen molar-refractivity contribution in [1.82, 2.24) is 0 Å². The predicted octanol–water partition coefficient (Wildman–Crippen LogP) is 4.25. The Hall–Kier alpha value is -1.22. The maximum Gasteiger partial charge on any atom is 0.0417 e. The molecule has 0 aliphatic rings. The number of rotatable bonds is 0. The van der Waals surface area contributed by atoms with Crippen molar-refractivity contribution in [3.05, 3.63) is 47.5 Å². The van der Waals surface area contributed by atoms with E-state index >= 15 is 0 Å². The molecule has 0 aliphatic heterocycles. The molecule has 0 aromatic heterocycles. The molecule has 2 rings (SSSR count). The summed E-state index contributed by atoms with van der Waals surface area (Å²) in [5, 5.41) is 2.35. The average Bonchev–Trinajstić information content (AvgIpc) is 2.30. The van der Waals surface area contributed by atoms with Crippen LogP contribution in [-0.4, -0.2) is 0 Å². The SMILES string of the molecule is BrC#Cc1cc2ccccc2cc1C#CBr. The smallest absolute Gasteiger partial charge is 0.0417 e. The molecule has 0 amide bonds. The van der Waals surface area contributed by atoms with Gasteiger partial charge in [0.05, 0.1) is 0 Å². The molecular formula is C14H6Br2. The van der Waals surface area contributed by atoms with Crippen molar-refractivity contribution in [2.24, 2.45) is 0 Å². The summed E-state index contributed by atoms with van der Waals surface area (Å²) in [5.41, 5.74) is 1.87. The van der Waals surface area contributed by atoms with Crippen LogP contribution in [0.2, 0.25) is 0 Å². The summed E-state index contributed by atoms with van der Waals surface area (Å²) >= 11 is 6.23. The molecule has 0 bridgehead atoms. The Morgan fingerprint density at radius 2 is 1.19 bits per heavy atom. The van der Waals surface area contributed by atoms with E-state index in [1.807, 2.05) is 12.1 Å². The van der Waals surface area contributed by atoms with Crippen LogP contribution < -0.4 is 0 Å². The number of hydrogen-bond acceptors (Lipinski definition) is 0. The van der Waals surface area contributed by atoms with Gasteiger partial charge in [-0.1, -0.05) is 36.1 Å². The van der Waals surface area contributed by atoms with Crippen molar-refractivity contribution in [3.8, 4) is 21.5 Å². The maximum absolute atomic E-state index is 3.11. The number of benzene rings is 2. The molecule has 0 aliphatic carbocycles. The minimum absolute atomic E-state index is 0.933. The lowest BCUT2D eigenvalue weighted by atomic mass is 10.0. The van der Waals surface area contributed by atoms with Crippen molar-refractivity contribution < 1.29 is 0 Å². The first-order valence-electron chi connectivity index (χ1n) is 4.61. The second-order valence-corrected chi connectivity index (χ2v) is 3.98. The van der Waals surface area contributed by atoms with Crippen LogP contribution in [0.4, 0.5) is 0 Å². The lowest BCUT2D eigenvalue weighted by molar-refractivity contribution is 1.64. The van der Waals surface area contributed by atoms with Crippen LogP contribution >= 0.6 is 31.9 Å². The van der Waals surface area contributed by atoms with E-state index in [9.17, 15) is 0 Å². The van der Waals surface area contributed by atoms with E-state index in [4.69, 9.17) is 0 Å². The lowest BCUT2D eigenvalue weighted by Crippen LogP contribution is -1.84.